The van der Waals surface area contributed by atoms with E-state index in [-0.39, 0.29) is 12.8 Å². The lowest BCUT2D eigenvalue weighted by Gasteiger charge is -2.40. The van der Waals surface area contributed by atoms with Gasteiger partial charge in [-0.05, 0) is 64.2 Å². The van der Waals surface area contributed by atoms with Crippen LogP contribution in [-0.4, -0.2) is 110 Å². The lowest BCUT2D eigenvalue weighted by atomic mass is 9.98. The first-order chi connectivity index (χ1) is 26.2. The van der Waals surface area contributed by atoms with E-state index < -0.39 is 74.2 Å². The van der Waals surface area contributed by atoms with Crippen LogP contribution in [0.15, 0.2) is 36.5 Å². The minimum atomic E-state index is -1.67. The van der Waals surface area contributed by atoms with Crippen LogP contribution in [0.2, 0.25) is 0 Å². The van der Waals surface area contributed by atoms with Gasteiger partial charge < -0.3 is 50.5 Å². The van der Waals surface area contributed by atoms with Crippen molar-refractivity contribution in [3.8, 4) is 0 Å². The van der Waals surface area contributed by atoms with E-state index in [1.165, 1.54) is 70.6 Å². The summed E-state index contributed by atoms with van der Waals surface area (Å²) in [6, 6.07) is -1.19. The average molecular weight is 770 g/mol. The molecule has 1 heterocycles. The third-order valence-corrected chi connectivity index (χ3v) is 10.2. The van der Waals surface area contributed by atoms with Crippen LogP contribution in [0, 0.1) is 0 Å². The molecule has 1 fully saturated rings. The number of amides is 1. The second kappa shape index (κ2) is 33.5. The lowest BCUT2D eigenvalue weighted by molar-refractivity contribution is -0.303. The van der Waals surface area contributed by atoms with Crippen molar-refractivity contribution in [2.75, 3.05) is 13.2 Å². The van der Waals surface area contributed by atoms with Gasteiger partial charge in [0.15, 0.2) is 6.29 Å². The standard InChI is InChI=1S/C43H79NO10/c1-3-5-7-9-11-13-15-16-17-18-19-20-21-23-24-26-28-30-35(46)38(48)34(33-53-43-41(51)40(50)39(49)37(32-45)54-43)44-42(52)36(47)31-29-27-25-22-14-12-10-8-6-4-2/h13,15,18-19,23-24,34-41,43,45-51H,3-12,14,16-17,20-22,25-33H2,1-2H3,(H,44,52)/b15-13+,19-18+,24-23+. The highest BCUT2D eigenvalue weighted by Gasteiger charge is 2.44. The average Bonchev–Trinajstić information content (AvgIpc) is 3.17. The summed E-state index contributed by atoms with van der Waals surface area (Å²) in [5.74, 6) is -0.717. The largest absolute Gasteiger partial charge is 0.394 e. The first kappa shape index (κ1) is 50.3. The van der Waals surface area contributed by atoms with Crippen LogP contribution in [-0.2, 0) is 14.3 Å². The molecule has 1 saturated heterocycles. The van der Waals surface area contributed by atoms with Crippen LogP contribution in [0.5, 0.6) is 0 Å². The molecule has 9 unspecified atom stereocenters. The van der Waals surface area contributed by atoms with Crippen LogP contribution >= 0.6 is 0 Å². The number of hydrogen-bond acceptors (Lipinski definition) is 10. The first-order valence-corrected chi connectivity index (χ1v) is 21.4. The fourth-order valence-electron chi connectivity index (χ4n) is 6.53. The fourth-order valence-corrected chi connectivity index (χ4v) is 6.53. The van der Waals surface area contributed by atoms with Gasteiger partial charge in [0.2, 0.25) is 5.91 Å². The third-order valence-electron chi connectivity index (χ3n) is 10.2. The second-order valence-electron chi connectivity index (χ2n) is 15.0. The highest BCUT2D eigenvalue weighted by Crippen LogP contribution is 2.23. The van der Waals surface area contributed by atoms with Crippen molar-refractivity contribution in [2.45, 2.75) is 217 Å². The Morgan fingerprint density at radius 3 is 1.65 bits per heavy atom. The molecule has 0 aromatic rings. The number of unbranched alkanes of at least 4 members (excludes halogenated alkanes) is 16. The monoisotopic (exact) mass is 770 g/mol. The van der Waals surface area contributed by atoms with E-state index in [9.17, 15) is 40.5 Å². The van der Waals surface area contributed by atoms with Crippen molar-refractivity contribution >= 4 is 5.91 Å². The zero-order valence-electron chi connectivity index (χ0n) is 33.7. The highest BCUT2D eigenvalue weighted by molar-refractivity contribution is 5.80. The lowest BCUT2D eigenvalue weighted by Crippen LogP contribution is -2.60. The number of aliphatic hydroxyl groups excluding tert-OH is 7. The molecule has 0 spiro atoms. The van der Waals surface area contributed by atoms with Crippen LogP contribution in [0.1, 0.15) is 162 Å². The summed E-state index contributed by atoms with van der Waals surface area (Å²) in [5.41, 5.74) is 0. The molecule has 1 aliphatic heterocycles. The highest BCUT2D eigenvalue weighted by atomic mass is 16.7. The number of carbonyl (C=O) groups excluding carboxylic acids is 1. The normalized spacial score (nSPS) is 23.0. The molecule has 0 aromatic heterocycles. The molecule has 1 aliphatic rings. The Morgan fingerprint density at radius 2 is 1.11 bits per heavy atom. The van der Waals surface area contributed by atoms with Crippen molar-refractivity contribution < 1.29 is 50.0 Å². The summed E-state index contributed by atoms with van der Waals surface area (Å²) in [7, 11) is 0. The van der Waals surface area contributed by atoms with E-state index in [2.05, 4.69) is 55.6 Å². The molecule has 54 heavy (non-hydrogen) atoms. The van der Waals surface area contributed by atoms with Crippen LogP contribution < -0.4 is 5.32 Å². The van der Waals surface area contributed by atoms with Gasteiger partial charge >= 0.3 is 0 Å². The molecule has 1 amide bonds. The van der Waals surface area contributed by atoms with E-state index in [4.69, 9.17) is 9.47 Å². The molecule has 11 nitrogen and oxygen atoms in total. The molecule has 11 heteroatoms. The molecule has 0 aromatic carbocycles. The van der Waals surface area contributed by atoms with E-state index >= 15 is 0 Å². The van der Waals surface area contributed by atoms with Gasteiger partial charge in [-0.15, -0.1) is 0 Å². The third kappa shape index (κ3) is 23.4. The number of rotatable bonds is 34. The molecule has 9 atom stereocenters. The summed E-state index contributed by atoms with van der Waals surface area (Å²) in [6.07, 6.45) is 24.9. The van der Waals surface area contributed by atoms with Gasteiger partial charge in [0.05, 0.1) is 25.4 Å². The van der Waals surface area contributed by atoms with Gasteiger partial charge in [0.1, 0.15) is 36.6 Å². The Hall–Kier alpha value is -1.67. The van der Waals surface area contributed by atoms with Crippen molar-refractivity contribution in [1.82, 2.24) is 5.32 Å². The quantitative estimate of drug-likeness (QED) is 0.0283. The topological polar surface area (TPSA) is 189 Å². The molecule has 0 bridgehead atoms. The van der Waals surface area contributed by atoms with Crippen LogP contribution in [0.4, 0.5) is 0 Å². The van der Waals surface area contributed by atoms with Crippen molar-refractivity contribution in [3.05, 3.63) is 36.5 Å². The van der Waals surface area contributed by atoms with Gasteiger partial charge in [-0.3, -0.25) is 4.79 Å². The summed E-state index contributed by atoms with van der Waals surface area (Å²) in [6.45, 7) is 3.35. The maximum absolute atomic E-state index is 13.0. The maximum atomic E-state index is 13.0. The van der Waals surface area contributed by atoms with Crippen molar-refractivity contribution in [1.29, 1.82) is 0 Å². The predicted molar refractivity (Wildman–Crippen MR) is 215 cm³/mol. The van der Waals surface area contributed by atoms with Gasteiger partial charge in [-0.1, -0.05) is 134 Å². The van der Waals surface area contributed by atoms with E-state index in [0.717, 1.165) is 44.9 Å². The second-order valence-corrected chi connectivity index (χ2v) is 15.0. The van der Waals surface area contributed by atoms with E-state index in [0.29, 0.717) is 19.3 Å². The molecular weight excluding hydrogens is 690 g/mol. The molecule has 1 rings (SSSR count). The molecule has 8 N–H and O–H groups in total. The Labute approximate surface area is 326 Å². The van der Waals surface area contributed by atoms with E-state index in [1.807, 2.05) is 0 Å². The van der Waals surface area contributed by atoms with Gasteiger partial charge in [0.25, 0.3) is 0 Å². The Bertz CT molecular complexity index is 976. The fraction of sp³-hybridized carbons (Fsp3) is 0.837. The Morgan fingerprint density at radius 1 is 0.630 bits per heavy atom. The number of carbonyl (C=O) groups is 1. The zero-order chi connectivity index (χ0) is 39.8. The van der Waals surface area contributed by atoms with Gasteiger partial charge in [0, 0.05) is 0 Å². The van der Waals surface area contributed by atoms with Crippen LogP contribution in [0.25, 0.3) is 0 Å². The number of aliphatic hydroxyl groups is 7. The summed E-state index contributed by atoms with van der Waals surface area (Å²) in [4.78, 5) is 13.0. The SMILES string of the molecule is CCCCCC/C=C/CC/C=C/CC/C=C/CCCC(O)C(O)C(COC1OC(CO)C(O)C(O)C1O)NC(=O)C(O)CCCCCCCCCCCC. The summed E-state index contributed by atoms with van der Waals surface area (Å²) in [5, 5.41) is 75.3. The summed E-state index contributed by atoms with van der Waals surface area (Å²) < 4.78 is 11.0. The van der Waals surface area contributed by atoms with Crippen molar-refractivity contribution in [2.24, 2.45) is 0 Å². The van der Waals surface area contributed by atoms with Crippen molar-refractivity contribution in [3.63, 3.8) is 0 Å². The Balaban J connectivity index is 2.55. The molecule has 0 radical (unpaired) electrons. The van der Waals surface area contributed by atoms with Gasteiger partial charge in [-0.25, -0.2) is 0 Å². The number of allylic oxidation sites excluding steroid dienone is 6. The minimum absolute atomic E-state index is 0.241. The van der Waals surface area contributed by atoms with Gasteiger partial charge in [-0.2, -0.15) is 0 Å². The number of hydrogen-bond donors (Lipinski definition) is 8. The first-order valence-electron chi connectivity index (χ1n) is 21.4. The molecular formula is C43H79NO10. The van der Waals surface area contributed by atoms with Crippen LogP contribution in [0.3, 0.4) is 0 Å². The summed E-state index contributed by atoms with van der Waals surface area (Å²) >= 11 is 0. The molecule has 0 saturated carbocycles. The van der Waals surface area contributed by atoms with E-state index in [1.54, 1.807) is 0 Å². The number of nitrogens with one attached hydrogen (secondary N) is 1. The Kier molecular flexibility index (Phi) is 31.2. The molecule has 0 aliphatic carbocycles. The molecule has 316 valence electrons. The predicted octanol–water partition coefficient (Wildman–Crippen LogP) is 6.05. The zero-order valence-corrected chi connectivity index (χ0v) is 33.7. The maximum Gasteiger partial charge on any atom is 0.249 e. The minimum Gasteiger partial charge on any atom is -0.394 e. The number of ether oxygens (including phenoxy) is 2. The smallest absolute Gasteiger partial charge is 0.249 e.